The molecule has 0 fully saturated rings. The number of aryl methyl sites for hydroxylation is 1. The number of hydrogen-bond donors (Lipinski definition) is 1. The van der Waals surface area contributed by atoms with Gasteiger partial charge in [-0.05, 0) is 32.9 Å². The summed E-state index contributed by atoms with van der Waals surface area (Å²) in [6.45, 7) is 5.69. The molecule has 0 atom stereocenters. The fourth-order valence-electron chi connectivity index (χ4n) is 1.71. The highest BCUT2D eigenvalue weighted by atomic mass is 35.5. The first-order valence-corrected chi connectivity index (χ1v) is 6.34. The maximum Gasteiger partial charge on any atom is 0.279 e. The number of rotatable bonds is 3. The van der Waals surface area contributed by atoms with E-state index in [1.54, 1.807) is 31.5 Å². The molecular weight excluding hydrogens is 264 g/mol. The summed E-state index contributed by atoms with van der Waals surface area (Å²) in [6.07, 6.45) is 3.16. The molecule has 2 aromatic heterocycles. The van der Waals surface area contributed by atoms with Gasteiger partial charge in [-0.25, -0.2) is 9.97 Å². The van der Waals surface area contributed by atoms with Crippen LogP contribution in [-0.4, -0.2) is 20.6 Å². The van der Waals surface area contributed by atoms with Crippen molar-refractivity contribution >= 4 is 17.3 Å². The Morgan fingerprint density at radius 1 is 1.42 bits per heavy atom. The second-order valence-electron chi connectivity index (χ2n) is 4.51. The zero-order valence-corrected chi connectivity index (χ0v) is 11.8. The van der Waals surface area contributed by atoms with E-state index in [2.05, 4.69) is 15.3 Å². The Morgan fingerprint density at radius 2 is 2.16 bits per heavy atom. The first-order chi connectivity index (χ1) is 8.97. The molecular formula is C13H15ClN4O. The van der Waals surface area contributed by atoms with Crippen molar-refractivity contribution in [2.45, 2.75) is 26.8 Å². The van der Waals surface area contributed by atoms with Crippen molar-refractivity contribution in [1.29, 1.82) is 0 Å². The van der Waals surface area contributed by atoms with E-state index in [1.807, 2.05) is 13.8 Å². The minimum atomic E-state index is -0.184. The van der Waals surface area contributed by atoms with Gasteiger partial charge in [0.25, 0.3) is 5.56 Å². The van der Waals surface area contributed by atoms with Gasteiger partial charge in [-0.3, -0.25) is 9.36 Å². The summed E-state index contributed by atoms with van der Waals surface area (Å²) in [4.78, 5) is 20.6. The van der Waals surface area contributed by atoms with Crippen LogP contribution in [0.3, 0.4) is 0 Å². The normalized spacial score (nSPS) is 10.8. The lowest BCUT2D eigenvalue weighted by molar-refractivity contribution is 0.869. The summed E-state index contributed by atoms with van der Waals surface area (Å²) < 4.78 is 1.42. The number of anilines is 1. The average molecular weight is 279 g/mol. The van der Waals surface area contributed by atoms with E-state index in [1.165, 1.54) is 4.57 Å². The summed E-state index contributed by atoms with van der Waals surface area (Å²) in [6, 6.07) is 3.44. The molecule has 0 unspecified atom stereocenters. The highest BCUT2D eigenvalue weighted by molar-refractivity contribution is 6.30. The van der Waals surface area contributed by atoms with E-state index in [0.717, 1.165) is 0 Å². The molecule has 0 bridgehead atoms. The van der Waals surface area contributed by atoms with Crippen LogP contribution in [0.5, 0.6) is 0 Å². The van der Waals surface area contributed by atoms with Gasteiger partial charge in [-0.1, -0.05) is 11.6 Å². The smallest absolute Gasteiger partial charge is 0.279 e. The van der Waals surface area contributed by atoms with Gasteiger partial charge in [0.15, 0.2) is 0 Å². The van der Waals surface area contributed by atoms with E-state index in [0.29, 0.717) is 22.4 Å². The highest BCUT2D eigenvalue weighted by Gasteiger charge is 2.09. The van der Waals surface area contributed by atoms with E-state index in [4.69, 9.17) is 11.6 Å². The lowest BCUT2D eigenvalue weighted by Crippen LogP contribution is -2.25. The lowest BCUT2D eigenvalue weighted by atomic mass is 10.3. The van der Waals surface area contributed by atoms with Crippen LogP contribution in [0.1, 0.15) is 19.7 Å². The number of nitrogens with zero attached hydrogens (tertiary/aromatic N) is 3. The topological polar surface area (TPSA) is 59.8 Å². The number of aromatic nitrogens is 3. The Labute approximate surface area is 116 Å². The van der Waals surface area contributed by atoms with Crippen molar-refractivity contribution in [3.8, 4) is 5.82 Å². The van der Waals surface area contributed by atoms with Crippen LogP contribution in [-0.2, 0) is 0 Å². The molecule has 2 aromatic rings. The Kier molecular flexibility index (Phi) is 3.85. The molecule has 0 radical (unpaired) electrons. The van der Waals surface area contributed by atoms with Crippen LogP contribution < -0.4 is 10.9 Å². The quantitative estimate of drug-likeness (QED) is 0.937. The fourth-order valence-corrected chi connectivity index (χ4v) is 1.92. The molecule has 6 heteroatoms. The predicted octanol–water partition coefficient (Wildman–Crippen LogP) is 2.41. The van der Waals surface area contributed by atoms with Gasteiger partial charge >= 0.3 is 0 Å². The molecule has 5 nitrogen and oxygen atoms in total. The average Bonchev–Trinajstić information content (AvgIpc) is 2.32. The van der Waals surface area contributed by atoms with Crippen LogP contribution >= 0.6 is 11.6 Å². The van der Waals surface area contributed by atoms with Crippen molar-refractivity contribution in [2.75, 3.05) is 5.32 Å². The van der Waals surface area contributed by atoms with Crippen LogP contribution in [0.15, 0.2) is 29.3 Å². The monoisotopic (exact) mass is 278 g/mol. The number of nitrogens with one attached hydrogen (secondary N) is 1. The summed E-state index contributed by atoms with van der Waals surface area (Å²) >= 11 is 6.05. The maximum absolute atomic E-state index is 12.3. The van der Waals surface area contributed by atoms with Gasteiger partial charge in [-0.2, -0.15) is 0 Å². The highest BCUT2D eigenvalue weighted by Crippen LogP contribution is 2.14. The number of halogens is 1. The summed E-state index contributed by atoms with van der Waals surface area (Å²) in [5, 5.41) is 3.55. The third-order valence-electron chi connectivity index (χ3n) is 2.44. The third kappa shape index (κ3) is 3.12. The predicted molar refractivity (Wildman–Crippen MR) is 76.1 cm³/mol. The van der Waals surface area contributed by atoms with Gasteiger partial charge in [0.05, 0.1) is 5.02 Å². The molecule has 0 aliphatic rings. The Bertz CT molecular complexity index is 651. The molecule has 0 aliphatic carbocycles. The van der Waals surface area contributed by atoms with Gasteiger partial charge in [0.2, 0.25) is 0 Å². The standard InChI is InChI=1S/C13H15ClN4O/c1-8(2)16-11-6-10(14)7-18(13(11)19)12-4-5-15-9(3)17-12/h4-8,16H,1-3H3. The zero-order chi connectivity index (χ0) is 14.0. The van der Waals surface area contributed by atoms with Crippen LogP contribution in [0.4, 0.5) is 5.69 Å². The van der Waals surface area contributed by atoms with E-state index >= 15 is 0 Å². The molecule has 100 valence electrons. The maximum atomic E-state index is 12.3. The molecule has 0 saturated carbocycles. The van der Waals surface area contributed by atoms with E-state index < -0.39 is 0 Å². The molecule has 1 N–H and O–H groups in total. The molecule has 0 aliphatic heterocycles. The SMILES string of the molecule is Cc1nccc(-n2cc(Cl)cc(NC(C)C)c2=O)n1. The molecule has 0 amide bonds. The minimum Gasteiger partial charge on any atom is -0.378 e. The molecule has 0 aromatic carbocycles. The van der Waals surface area contributed by atoms with Crippen molar-refractivity contribution in [3.05, 3.63) is 45.7 Å². The molecule has 19 heavy (non-hydrogen) atoms. The summed E-state index contributed by atoms with van der Waals surface area (Å²) in [7, 11) is 0. The summed E-state index contributed by atoms with van der Waals surface area (Å²) in [5.41, 5.74) is 0.273. The first-order valence-electron chi connectivity index (χ1n) is 5.96. The number of hydrogen-bond acceptors (Lipinski definition) is 4. The van der Waals surface area contributed by atoms with E-state index in [9.17, 15) is 4.79 Å². The van der Waals surface area contributed by atoms with Gasteiger partial charge < -0.3 is 5.32 Å². The molecule has 2 rings (SSSR count). The zero-order valence-electron chi connectivity index (χ0n) is 11.0. The van der Waals surface area contributed by atoms with Crippen molar-refractivity contribution in [3.63, 3.8) is 0 Å². The third-order valence-corrected chi connectivity index (χ3v) is 2.64. The number of pyridine rings is 1. The Hall–Kier alpha value is -1.88. The van der Waals surface area contributed by atoms with Crippen LogP contribution in [0, 0.1) is 6.92 Å². The van der Waals surface area contributed by atoms with Crippen molar-refractivity contribution in [1.82, 2.24) is 14.5 Å². The fraction of sp³-hybridized carbons (Fsp3) is 0.308. The second kappa shape index (κ2) is 5.40. The molecule has 0 spiro atoms. The largest absolute Gasteiger partial charge is 0.378 e. The lowest BCUT2D eigenvalue weighted by Gasteiger charge is -2.12. The first kappa shape index (κ1) is 13.5. The van der Waals surface area contributed by atoms with Crippen molar-refractivity contribution < 1.29 is 0 Å². The Balaban J connectivity index is 2.58. The van der Waals surface area contributed by atoms with Gasteiger partial charge in [0, 0.05) is 18.4 Å². The van der Waals surface area contributed by atoms with Gasteiger partial charge in [-0.15, -0.1) is 0 Å². The van der Waals surface area contributed by atoms with E-state index in [-0.39, 0.29) is 11.6 Å². The van der Waals surface area contributed by atoms with Crippen LogP contribution in [0.25, 0.3) is 5.82 Å². The van der Waals surface area contributed by atoms with Crippen LogP contribution in [0.2, 0.25) is 5.02 Å². The second-order valence-corrected chi connectivity index (χ2v) is 4.94. The van der Waals surface area contributed by atoms with Crippen molar-refractivity contribution in [2.24, 2.45) is 0 Å². The minimum absolute atomic E-state index is 0.145. The van der Waals surface area contributed by atoms with Gasteiger partial charge in [0.1, 0.15) is 17.3 Å². The molecule has 2 heterocycles. The Morgan fingerprint density at radius 3 is 2.79 bits per heavy atom. The molecule has 0 saturated heterocycles. The summed E-state index contributed by atoms with van der Waals surface area (Å²) in [5.74, 6) is 1.11.